The van der Waals surface area contributed by atoms with Crippen molar-refractivity contribution in [2.75, 3.05) is 17.8 Å². The molecule has 0 radical (unpaired) electrons. The first-order valence-electron chi connectivity index (χ1n) is 6.23. The molecule has 0 aliphatic heterocycles. The van der Waals surface area contributed by atoms with Crippen LogP contribution in [0.15, 0.2) is 40.1 Å². The molecule has 0 amide bonds. The molecule has 21 heavy (non-hydrogen) atoms. The van der Waals surface area contributed by atoms with Gasteiger partial charge in [-0.05, 0) is 6.07 Å². The van der Waals surface area contributed by atoms with Gasteiger partial charge in [0.05, 0.1) is 11.3 Å². The number of nitrogens with one attached hydrogen (secondary N) is 1. The molecular weight excluding hydrogens is 310 g/mol. The second kappa shape index (κ2) is 5.53. The van der Waals surface area contributed by atoms with Crippen molar-refractivity contribution >= 4 is 32.5 Å². The van der Waals surface area contributed by atoms with Gasteiger partial charge in [0.2, 0.25) is 0 Å². The summed E-state index contributed by atoms with van der Waals surface area (Å²) in [7, 11) is -2.98. The molecular formula is C13H13N3O3S2. The fourth-order valence-corrected chi connectivity index (χ4v) is 3.86. The summed E-state index contributed by atoms with van der Waals surface area (Å²) in [6.45, 7) is 0. The van der Waals surface area contributed by atoms with Gasteiger partial charge in [-0.15, -0.1) is 10.2 Å². The van der Waals surface area contributed by atoms with E-state index in [1.165, 1.54) is 18.0 Å². The number of nitrogens with zero attached hydrogens (tertiary/aromatic N) is 2. The highest BCUT2D eigenvalue weighted by Gasteiger charge is 2.13. The number of sulfone groups is 1. The first-order chi connectivity index (χ1) is 10.0. The number of hydrogen-bond donors (Lipinski definition) is 1. The Kier molecular flexibility index (Phi) is 3.73. The molecule has 0 spiro atoms. The Morgan fingerprint density at radius 1 is 1.29 bits per heavy atom. The summed E-state index contributed by atoms with van der Waals surface area (Å²) in [6.07, 6.45) is 3.03. The Morgan fingerprint density at radius 3 is 2.90 bits per heavy atom. The maximum absolute atomic E-state index is 11.1. The van der Waals surface area contributed by atoms with Crippen LogP contribution in [0.1, 0.15) is 0 Å². The van der Waals surface area contributed by atoms with E-state index in [1.54, 1.807) is 0 Å². The van der Waals surface area contributed by atoms with Crippen LogP contribution >= 0.6 is 11.8 Å². The summed E-state index contributed by atoms with van der Waals surface area (Å²) >= 11 is 1.24. The van der Waals surface area contributed by atoms with E-state index < -0.39 is 9.84 Å². The topological polar surface area (TPSA) is 88.9 Å². The summed E-state index contributed by atoms with van der Waals surface area (Å²) in [4.78, 5) is 3.15. The van der Waals surface area contributed by atoms with Crippen LogP contribution in [0.4, 0.5) is 0 Å². The second-order valence-electron chi connectivity index (χ2n) is 4.60. The predicted molar refractivity (Wildman–Crippen MR) is 82.0 cm³/mol. The molecule has 1 aromatic carbocycles. The van der Waals surface area contributed by atoms with Gasteiger partial charge in [0.1, 0.15) is 9.84 Å². The fourth-order valence-electron chi connectivity index (χ4n) is 1.91. The minimum Gasteiger partial charge on any atom is -0.411 e. The van der Waals surface area contributed by atoms with E-state index in [0.29, 0.717) is 16.9 Å². The van der Waals surface area contributed by atoms with Gasteiger partial charge in [0.25, 0.3) is 11.1 Å². The maximum Gasteiger partial charge on any atom is 0.276 e. The Balaban J connectivity index is 1.79. The third kappa shape index (κ3) is 3.27. The van der Waals surface area contributed by atoms with Crippen LogP contribution in [-0.4, -0.2) is 41.4 Å². The molecule has 0 atom stereocenters. The smallest absolute Gasteiger partial charge is 0.276 e. The first kappa shape index (κ1) is 14.2. The molecule has 8 heteroatoms. The van der Waals surface area contributed by atoms with E-state index in [-0.39, 0.29) is 5.75 Å². The largest absolute Gasteiger partial charge is 0.411 e. The Hall–Kier alpha value is -1.80. The lowest BCUT2D eigenvalue weighted by Crippen LogP contribution is -2.04. The van der Waals surface area contributed by atoms with Crippen molar-refractivity contribution in [2.24, 2.45) is 0 Å². The maximum atomic E-state index is 11.1. The molecule has 0 aliphatic carbocycles. The van der Waals surface area contributed by atoms with Crippen LogP contribution in [0.3, 0.4) is 0 Å². The van der Waals surface area contributed by atoms with Gasteiger partial charge in [-0.25, -0.2) is 8.42 Å². The molecule has 2 heterocycles. The average molecular weight is 323 g/mol. The van der Waals surface area contributed by atoms with Crippen molar-refractivity contribution in [3.63, 3.8) is 0 Å². The Labute approximate surface area is 125 Å². The summed E-state index contributed by atoms with van der Waals surface area (Å²) in [5.74, 6) is 0.908. The van der Waals surface area contributed by atoms with Gasteiger partial charge in [0.15, 0.2) is 0 Å². The number of thioether (sulfide) groups is 1. The molecule has 6 nitrogen and oxygen atoms in total. The molecule has 0 saturated heterocycles. The lowest BCUT2D eigenvalue weighted by Gasteiger charge is -1.95. The van der Waals surface area contributed by atoms with Crippen LogP contribution in [0.2, 0.25) is 0 Å². The van der Waals surface area contributed by atoms with Gasteiger partial charge >= 0.3 is 0 Å². The van der Waals surface area contributed by atoms with E-state index in [4.69, 9.17) is 4.42 Å². The third-order valence-corrected chi connectivity index (χ3v) is 4.93. The molecule has 1 N–H and O–H groups in total. The number of aromatic amines is 1. The Bertz CT molecular complexity index is 868. The van der Waals surface area contributed by atoms with Gasteiger partial charge < -0.3 is 9.40 Å². The minimum absolute atomic E-state index is 0.0858. The molecule has 2 aromatic heterocycles. The van der Waals surface area contributed by atoms with E-state index >= 15 is 0 Å². The lowest BCUT2D eigenvalue weighted by atomic mass is 10.2. The van der Waals surface area contributed by atoms with Gasteiger partial charge in [-0.3, -0.25) is 0 Å². The van der Waals surface area contributed by atoms with Gasteiger partial charge in [0, 0.05) is 29.1 Å². The van der Waals surface area contributed by atoms with Crippen molar-refractivity contribution < 1.29 is 12.8 Å². The fraction of sp³-hybridized carbons (Fsp3) is 0.231. The number of rotatable bonds is 5. The summed E-state index contributed by atoms with van der Waals surface area (Å²) in [5.41, 5.74) is 1.84. The van der Waals surface area contributed by atoms with Crippen molar-refractivity contribution in [1.82, 2.24) is 15.2 Å². The SMILES string of the molecule is CS(=O)(=O)CCSc1nnc(-c2c[nH]c3ccccc23)o1. The lowest BCUT2D eigenvalue weighted by molar-refractivity contribution is 0.466. The van der Waals surface area contributed by atoms with E-state index in [0.717, 1.165) is 16.5 Å². The monoisotopic (exact) mass is 323 g/mol. The minimum atomic E-state index is -2.98. The average Bonchev–Trinajstić information content (AvgIpc) is 3.03. The number of H-pyrrole nitrogens is 1. The normalized spacial score (nSPS) is 12.0. The van der Waals surface area contributed by atoms with E-state index in [1.807, 2.05) is 30.5 Å². The summed E-state index contributed by atoms with van der Waals surface area (Å²) in [5, 5.41) is 9.34. The first-order valence-corrected chi connectivity index (χ1v) is 9.28. The molecule has 0 fully saturated rings. The molecule has 3 aromatic rings. The van der Waals surface area contributed by atoms with Crippen LogP contribution in [-0.2, 0) is 9.84 Å². The predicted octanol–water partition coefficient (Wildman–Crippen LogP) is 2.35. The van der Waals surface area contributed by atoms with Crippen LogP contribution in [0.25, 0.3) is 22.4 Å². The summed E-state index contributed by atoms with van der Waals surface area (Å²) in [6, 6.07) is 7.83. The molecule has 0 bridgehead atoms. The highest BCUT2D eigenvalue weighted by molar-refractivity contribution is 8.00. The number of para-hydroxylation sites is 1. The zero-order valence-electron chi connectivity index (χ0n) is 11.2. The number of aromatic nitrogens is 3. The van der Waals surface area contributed by atoms with Crippen LogP contribution in [0.5, 0.6) is 0 Å². The highest BCUT2D eigenvalue weighted by Crippen LogP contribution is 2.29. The second-order valence-corrected chi connectivity index (χ2v) is 7.91. The van der Waals surface area contributed by atoms with Crippen LogP contribution in [0, 0.1) is 0 Å². The zero-order valence-corrected chi connectivity index (χ0v) is 12.9. The van der Waals surface area contributed by atoms with Gasteiger partial charge in [-0.2, -0.15) is 0 Å². The van der Waals surface area contributed by atoms with Crippen molar-refractivity contribution in [2.45, 2.75) is 5.22 Å². The van der Waals surface area contributed by atoms with Crippen molar-refractivity contribution in [1.29, 1.82) is 0 Å². The van der Waals surface area contributed by atoms with Crippen molar-refractivity contribution in [3.8, 4) is 11.5 Å². The zero-order chi connectivity index (χ0) is 14.9. The molecule has 110 valence electrons. The number of benzene rings is 1. The third-order valence-electron chi connectivity index (χ3n) is 2.91. The molecule has 3 rings (SSSR count). The van der Waals surface area contributed by atoms with Crippen molar-refractivity contribution in [3.05, 3.63) is 30.5 Å². The highest BCUT2D eigenvalue weighted by atomic mass is 32.2. The molecule has 0 saturated carbocycles. The van der Waals surface area contributed by atoms with Crippen LogP contribution < -0.4 is 0 Å². The van der Waals surface area contributed by atoms with Gasteiger partial charge in [-0.1, -0.05) is 30.0 Å². The van der Waals surface area contributed by atoms with E-state index in [9.17, 15) is 8.42 Å². The molecule has 0 aliphatic rings. The molecule has 0 unspecified atom stereocenters. The standard InChI is InChI=1S/C13H13N3O3S2/c1-21(17,18)7-6-20-13-16-15-12(19-13)10-8-14-11-5-3-2-4-9(10)11/h2-5,8,14H,6-7H2,1H3. The summed E-state index contributed by atoms with van der Waals surface area (Å²) < 4.78 is 27.7. The Morgan fingerprint density at radius 2 is 2.10 bits per heavy atom. The number of hydrogen-bond acceptors (Lipinski definition) is 6. The quantitative estimate of drug-likeness (QED) is 0.725. The van der Waals surface area contributed by atoms with E-state index in [2.05, 4.69) is 15.2 Å². The number of fused-ring (bicyclic) bond motifs is 1.